The molecule has 2 aliphatic carbocycles. The Hall–Kier alpha value is -1.58. The summed E-state index contributed by atoms with van der Waals surface area (Å²) in [5.41, 5.74) is 3.81. The fourth-order valence-corrected chi connectivity index (χ4v) is 3.35. The fraction of sp³-hybridized carbons (Fsp3) is 0.625. The highest BCUT2D eigenvalue weighted by molar-refractivity contribution is 5.78. The van der Waals surface area contributed by atoms with E-state index in [0.29, 0.717) is 6.54 Å². The van der Waals surface area contributed by atoms with Gasteiger partial charge in [0.05, 0.1) is 12.2 Å². The molecule has 0 unspecified atom stereocenters. The summed E-state index contributed by atoms with van der Waals surface area (Å²) in [6, 6.07) is 0. The lowest BCUT2D eigenvalue weighted by atomic mass is 9.93. The number of amides is 1. The van der Waals surface area contributed by atoms with Crippen LogP contribution in [0.2, 0.25) is 0 Å². The molecule has 1 N–H and O–H groups in total. The topological polar surface area (TPSA) is 46.9 Å². The number of hydrogen-bond acceptors (Lipinski definition) is 2. The summed E-state index contributed by atoms with van der Waals surface area (Å²) in [5, 5.41) is 7.68. The van der Waals surface area contributed by atoms with Crippen LogP contribution in [0.5, 0.6) is 0 Å². The lowest BCUT2D eigenvalue weighted by Crippen LogP contribution is -2.31. The first-order valence-electron chi connectivity index (χ1n) is 7.72. The van der Waals surface area contributed by atoms with Crippen molar-refractivity contribution in [2.45, 2.75) is 51.5 Å². The van der Waals surface area contributed by atoms with Crippen molar-refractivity contribution in [2.24, 2.45) is 13.0 Å². The van der Waals surface area contributed by atoms with E-state index in [1.165, 1.54) is 24.1 Å². The van der Waals surface area contributed by atoms with Gasteiger partial charge in [0, 0.05) is 18.7 Å². The van der Waals surface area contributed by atoms with Crippen molar-refractivity contribution in [3.63, 3.8) is 0 Å². The number of rotatable bonds is 3. The molecule has 20 heavy (non-hydrogen) atoms. The summed E-state index contributed by atoms with van der Waals surface area (Å²) >= 11 is 0. The maximum Gasteiger partial charge on any atom is 0.223 e. The van der Waals surface area contributed by atoms with Crippen molar-refractivity contribution in [3.05, 3.63) is 29.1 Å². The number of nitrogens with one attached hydrogen (secondary N) is 1. The van der Waals surface area contributed by atoms with Crippen LogP contribution in [0, 0.1) is 5.92 Å². The van der Waals surface area contributed by atoms with E-state index >= 15 is 0 Å². The molecule has 0 bridgehead atoms. The highest BCUT2D eigenvalue weighted by atomic mass is 16.1. The molecule has 4 heteroatoms. The van der Waals surface area contributed by atoms with Gasteiger partial charge in [-0.2, -0.15) is 5.10 Å². The minimum absolute atomic E-state index is 0.152. The molecular weight excluding hydrogens is 250 g/mol. The molecule has 2 aliphatic rings. The van der Waals surface area contributed by atoms with Gasteiger partial charge in [-0.1, -0.05) is 12.2 Å². The van der Waals surface area contributed by atoms with Crippen LogP contribution in [0.4, 0.5) is 0 Å². The predicted molar refractivity (Wildman–Crippen MR) is 78.2 cm³/mol. The monoisotopic (exact) mass is 273 g/mol. The van der Waals surface area contributed by atoms with Gasteiger partial charge in [0.25, 0.3) is 0 Å². The molecule has 1 aromatic heterocycles. The van der Waals surface area contributed by atoms with Crippen LogP contribution in [0.1, 0.15) is 49.1 Å². The van der Waals surface area contributed by atoms with Crippen LogP contribution in [0.15, 0.2) is 12.2 Å². The highest BCUT2D eigenvalue weighted by Crippen LogP contribution is 2.24. The van der Waals surface area contributed by atoms with E-state index in [-0.39, 0.29) is 11.8 Å². The number of aryl methyl sites for hydroxylation is 1. The van der Waals surface area contributed by atoms with Gasteiger partial charge in [0.1, 0.15) is 0 Å². The van der Waals surface area contributed by atoms with Gasteiger partial charge in [-0.25, -0.2) is 0 Å². The van der Waals surface area contributed by atoms with Crippen molar-refractivity contribution in [2.75, 3.05) is 0 Å². The predicted octanol–water partition coefficient (Wildman–Crippen LogP) is 2.27. The number of hydrogen-bond donors (Lipinski definition) is 1. The second-order valence-electron chi connectivity index (χ2n) is 5.90. The molecule has 1 amide bonds. The number of allylic oxidation sites excluding steroid dienone is 2. The Morgan fingerprint density at radius 1 is 1.40 bits per heavy atom. The largest absolute Gasteiger partial charge is 0.350 e. The van der Waals surface area contributed by atoms with Crippen molar-refractivity contribution in [3.8, 4) is 0 Å². The van der Waals surface area contributed by atoms with Crippen LogP contribution in [-0.4, -0.2) is 15.7 Å². The molecule has 108 valence electrons. The summed E-state index contributed by atoms with van der Waals surface area (Å²) in [5.74, 6) is 0.337. The zero-order chi connectivity index (χ0) is 13.9. The number of aromatic nitrogens is 2. The Morgan fingerprint density at radius 3 is 3.05 bits per heavy atom. The Morgan fingerprint density at radius 2 is 2.25 bits per heavy atom. The van der Waals surface area contributed by atoms with Crippen LogP contribution in [0.25, 0.3) is 0 Å². The molecule has 0 radical (unpaired) electrons. The Balaban J connectivity index is 1.63. The zero-order valence-corrected chi connectivity index (χ0v) is 12.2. The molecule has 0 aromatic carbocycles. The third kappa shape index (κ3) is 2.65. The number of carbonyl (C=O) groups is 1. The van der Waals surface area contributed by atoms with Gasteiger partial charge in [-0.3, -0.25) is 9.48 Å². The van der Waals surface area contributed by atoms with Crippen LogP contribution in [0.3, 0.4) is 0 Å². The first-order valence-corrected chi connectivity index (χ1v) is 7.72. The first-order chi connectivity index (χ1) is 9.75. The number of carbonyl (C=O) groups excluding carboxylic acids is 1. The molecule has 1 atom stereocenters. The third-order valence-electron chi connectivity index (χ3n) is 4.52. The van der Waals surface area contributed by atoms with Gasteiger partial charge in [0.2, 0.25) is 5.91 Å². The third-order valence-corrected chi connectivity index (χ3v) is 4.52. The molecule has 1 heterocycles. The summed E-state index contributed by atoms with van der Waals surface area (Å²) in [7, 11) is 2.02. The summed E-state index contributed by atoms with van der Waals surface area (Å²) in [4.78, 5) is 12.2. The average molecular weight is 273 g/mol. The molecule has 0 fully saturated rings. The van der Waals surface area contributed by atoms with Crippen molar-refractivity contribution >= 4 is 5.91 Å². The number of nitrogens with zero attached hydrogens (tertiary/aromatic N) is 2. The van der Waals surface area contributed by atoms with Gasteiger partial charge in [-0.15, -0.1) is 0 Å². The van der Waals surface area contributed by atoms with E-state index in [1.54, 1.807) is 0 Å². The highest BCUT2D eigenvalue weighted by Gasteiger charge is 2.22. The lowest BCUT2D eigenvalue weighted by Gasteiger charge is -2.17. The second kappa shape index (κ2) is 5.81. The SMILES string of the molecule is Cn1nc(CNC(=O)[C@H]2CC=CCC2)c2c1CCCC2. The van der Waals surface area contributed by atoms with E-state index in [0.717, 1.165) is 37.8 Å². The normalized spacial score (nSPS) is 21.6. The Bertz CT molecular complexity index is 530. The standard InChI is InChI=1S/C16H23N3O/c1-19-15-10-6-5-9-13(15)14(18-19)11-17-16(20)12-7-3-2-4-8-12/h2-3,12H,4-11H2,1H3,(H,17,20)/t12-/m0/s1. The van der Waals surface area contributed by atoms with Gasteiger partial charge >= 0.3 is 0 Å². The fourth-order valence-electron chi connectivity index (χ4n) is 3.35. The van der Waals surface area contributed by atoms with Crippen LogP contribution in [-0.2, 0) is 31.2 Å². The molecule has 0 aliphatic heterocycles. The molecule has 0 saturated carbocycles. The molecule has 4 nitrogen and oxygen atoms in total. The van der Waals surface area contributed by atoms with Crippen LogP contribution < -0.4 is 5.32 Å². The van der Waals surface area contributed by atoms with Crippen molar-refractivity contribution < 1.29 is 4.79 Å². The smallest absolute Gasteiger partial charge is 0.223 e. The number of fused-ring (bicyclic) bond motifs is 1. The van der Waals surface area contributed by atoms with Crippen LogP contribution >= 0.6 is 0 Å². The minimum atomic E-state index is 0.152. The summed E-state index contributed by atoms with van der Waals surface area (Å²) in [6.45, 7) is 0.586. The van der Waals surface area contributed by atoms with Crippen molar-refractivity contribution in [1.29, 1.82) is 0 Å². The van der Waals surface area contributed by atoms with Crippen molar-refractivity contribution in [1.82, 2.24) is 15.1 Å². The average Bonchev–Trinajstić information content (AvgIpc) is 2.83. The van der Waals surface area contributed by atoms with Gasteiger partial charge < -0.3 is 5.32 Å². The van der Waals surface area contributed by atoms with Gasteiger partial charge in [-0.05, 0) is 50.5 Å². The van der Waals surface area contributed by atoms with E-state index in [4.69, 9.17) is 0 Å². The second-order valence-corrected chi connectivity index (χ2v) is 5.90. The Kier molecular flexibility index (Phi) is 3.90. The molecule has 3 rings (SSSR count). The maximum atomic E-state index is 12.2. The molecule has 1 aromatic rings. The first kappa shape index (κ1) is 13.4. The van der Waals surface area contributed by atoms with E-state index in [2.05, 4.69) is 22.6 Å². The summed E-state index contributed by atoms with van der Waals surface area (Å²) < 4.78 is 2.00. The zero-order valence-electron chi connectivity index (χ0n) is 12.2. The van der Waals surface area contributed by atoms with E-state index < -0.39 is 0 Å². The molecule has 0 saturated heterocycles. The lowest BCUT2D eigenvalue weighted by molar-refractivity contribution is -0.125. The Labute approximate surface area is 120 Å². The van der Waals surface area contributed by atoms with Gasteiger partial charge in [0.15, 0.2) is 0 Å². The van der Waals surface area contributed by atoms with E-state index in [9.17, 15) is 4.79 Å². The minimum Gasteiger partial charge on any atom is -0.350 e. The van der Waals surface area contributed by atoms with E-state index in [1.807, 2.05) is 11.7 Å². The summed E-state index contributed by atoms with van der Waals surface area (Å²) in [6.07, 6.45) is 11.9. The maximum absolute atomic E-state index is 12.2. The molecular formula is C16H23N3O. The molecule has 0 spiro atoms. The quantitative estimate of drug-likeness (QED) is 0.859.